The van der Waals surface area contributed by atoms with Crippen molar-refractivity contribution in [2.75, 3.05) is 13.6 Å². The summed E-state index contributed by atoms with van der Waals surface area (Å²) in [5, 5.41) is 0. The predicted molar refractivity (Wildman–Crippen MR) is 107 cm³/mol. The summed E-state index contributed by atoms with van der Waals surface area (Å²) in [5.41, 5.74) is 7.94. The highest BCUT2D eigenvalue weighted by Crippen LogP contribution is 2.24. The Kier molecular flexibility index (Phi) is 6.47. The number of hydrazine groups is 1. The third-order valence-corrected chi connectivity index (χ3v) is 7.13. The molecule has 3 rings (SSSR count). The fourth-order valence-corrected chi connectivity index (χ4v) is 4.66. The molecule has 0 radical (unpaired) electrons. The first-order valence-electron chi connectivity index (χ1n) is 8.75. The van der Waals surface area contributed by atoms with E-state index in [2.05, 4.69) is 38.9 Å². The molecule has 0 aliphatic carbocycles. The van der Waals surface area contributed by atoms with Crippen LogP contribution in [0.4, 0.5) is 0 Å². The van der Waals surface area contributed by atoms with Gasteiger partial charge in [-0.05, 0) is 49.1 Å². The van der Waals surface area contributed by atoms with Gasteiger partial charge in [0.2, 0.25) is 10.0 Å². The van der Waals surface area contributed by atoms with Gasteiger partial charge in [0.15, 0.2) is 0 Å². The van der Waals surface area contributed by atoms with Crippen LogP contribution >= 0.6 is 15.9 Å². The molecule has 5 nitrogen and oxygen atoms in total. The second-order valence-corrected chi connectivity index (χ2v) is 9.57. The van der Waals surface area contributed by atoms with E-state index in [9.17, 15) is 8.42 Å². The second-order valence-electron chi connectivity index (χ2n) is 6.61. The van der Waals surface area contributed by atoms with E-state index >= 15 is 0 Å². The van der Waals surface area contributed by atoms with Crippen molar-refractivity contribution < 1.29 is 8.42 Å². The summed E-state index contributed by atoms with van der Waals surface area (Å²) < 4.78 is 27.5. The zero-order valence-electron chi connectivity index (χ0n) is 14.7. The Hall–Kier alpha value is -1.25. The van der Waals surface area contributed by atoms with Crippen molar-refractivity contribution >= 4 is 26.0 Å². The molecule has 2 aromatic rings. The normalized spacial score (nSPS) is 20.6. The fraction of sp³-hybridized carbons (Fsp3) is 0.368. The van der Waals surface area contributed by atoms with E-state index < -0.39 is 10.0 Å². The van der Waals surface area contributed by atoms with Crippen LogP contribution in [0.3, 0.4) is 0 Å². The molecule has 1 saturated heterocycles. The topological polar surface area (TPSA) is 61.4 Å². The van der Waals surface area contributed by atoms with Crippen molar-refractivity contribution in [1.29, 1.82) is 0 Å². The van der Waals surface area contributed by atoms with Gasteiger partial charge in [0.05, 0.1) is 4.90 Å². The quantitative estimate of drug-likeness (QED) is 0.695. The zero-order valence-corrected chi connectivity index (χ0v) is 17.1. The Morgan fingerprint density at radius 1 is 1.08 bits per heavy atom. The van der Waals surface area contributed by atoms with Crippen LogP contribution in [0.5, 0.6) is 0 Å². The van der Waals surface area contributed by atoms with Crippen LogP contribution in [0, 0.1) is 0 Å². The lowest BCUT2D eigenvalue weighted by Gasteiger charge is -2.18. The first-order valence-corrected chi connectivity index (χ1v) is 11.0. The van der Waals surface area contributed by atoms with Crippen molar-refractivity contribution in [2.45, 2.75) is 36.2 Å². The van der Waals surface area contributed by atoms with E-state index in [0.717, 1.165) is 23.7 Å². The number of rotatable bonds is 7. The highest BCUT2D eigenvalue weighted by Gasteiger charge is 2.25. The molecule has 26 heavy (non-hydrogen) atoms. The average molecular weight is 438 g/mol. The maximum absolute atomic E-state index is 12.6. The Balaban J connectivity index is 1.48. The first kappa shape index (κ1) is 19.5. The molecule has 0 saturated carbocycles. The van der Waals surface area contributed by atoms with Crippen molar-refractivity contribution in [3.8, 4) is 0 Å². The second kappa shape index (κ2) is 8.63. The van der Waals surface area contributed by atoms with E-state index in [0.29, 0.717) is 23.5 Å². The summed E-state index contributed by atoms with van der Waals surface area (Å²) in [6.07, 6.45) is 2.75. The lowest BCUT2D eigenvalue weighted by Crippen LogP contribution is -2.32. The molecular weight excluding hydrogens is 414 g/mol. The number of benzene rings is 2. The summed E-state index contributed by atoms with van der Waals surface area (Å²) in [7, 11) is -1.79. The Morgan fingerprint density at radius 3 is 2.46 bits per heavy atom. The summed E-state index contributed by atoms with van der Waals surface area (Å²) >= 11 is 3.33. The molecule has 140 valence electrons. The summed E-state index contributed by atoms with van der Waals surface area (Å²) in [6, 6.07) is 17.8. The average Bonchev–Trinajstić information content (AvgIpc) is 3.11. The molecule has 1 aliphatic heterocycles. The largest absolute Gasteiger partial charge is 0.254 e. The number of halogens is 1. The van der Waals surface area contributed by atoms with Gasteiger partial charge in [0.25, 0.3) is 0 Å². The standard InChI is InChI=1S/C19H24BrN3O2S/c1-23(26(24,25)18-11-9-16(20)10-12-18)13-5-8-17-14-19(22-21-17)15-6-3-2-4-7-15/h2-4,6-7,9-12,17,19,21-22H,5,8,13-14H2,1H3. The Morgan fingerprint density at radius 2 is 1.77 bits per heavy atom. The van der Waals surface area contributed by atoms with Crippen molar-refractivity contribution in [2.24, 2.45) is 0 Å². The monoisotopic (exact) mass is 437 g/mol. The van der Waals surface area contributed by atoms with Crippen LogP contribution in [0.2, 0.25) is 0 Å². The molecule has 2 N–H and O–H groups in total. The summed E-state index contributed by atoms with van der Waals surface area (Å²) in [5.74, 6) is 0. The van der Waals surface area contributed by atoms with Crippen molar-refractivity contribution in [1.82, 2.24) is 15.2 Å². The van der Waals surface area contributed by atoms with Gasteiger partial charge in [0.1, 0.15) is 0 Å². The van der Waals surface area contributed by atoms with E-state index in [4.69, 9.17) is 0 Å². The van der Waals surface area contributed by atoms with Crippen LogP contribution in [0.25, 0.3) is 0 Å². The van der Waals surface area contributed by atoms with Crippen LogP contribution in [-0.2, 0) is 10.0 Å². The summed E-state index contributed by atoms with van der Waals surface area (Å²) in [6.45, 7) is 0.507. The highest BCUT2D eigenvalue weighted by atomic mass is 79.9. The van der Waals surface area contributed by atoms with E-state index in [1.165, 1.54) is 9.87 Å². The Labute approximate surface area is 163 Å². The molecule has 2 unspecified atom stereocenters. The molecule has 7 heteroatoms. The minimum atomic E-state index is -3.43. The van der Waals surface area contributed by atoms with E-state index in [1.54, 1.807) is 31.3 Å². The maximum Gasteiger partial charge on any atom is 0.242 e. The van der Waals surface area contributed by atoms with Crippen LogP contribution in [0.15, 0.2) is 64.0 Å². The van der Waals surface area contributed by atoms with Gasteiger partial charge >= 0.3 is 0 Å². The number of nitrogens with zero attached hydrogens (tertiary/aromatic N) is 1. The van der Waals surface area contributed by atoms with Gasteiger partial charge in [-0.3, -0.25) is 10.9 Å². The van der Waals surface area contributed by atoms with Gasteiger partial charge in [0, 0.05) is 30.1 Å². The Bertz CT molecular complexity index is 812. The van der Waals surface area contributed by atoms with Crippen molar-refractivity contribution in [3.05, 3.63) is 64.6 Å². The van der Waals surface area contributed by atoms with Crippen LogP contribution in [0.1, 0.15) is 30.9 Å². The van der Waals surface area contributed by atoms with Crippen molar-refractivity contribution in [3.63, 3.8) is 0 Å². The lowest BCUT2D eigenvalue weighted by molar-refractivity contribution is 0.428. The van der Waals surface area contributed by atoms with E-state index in [-0.39, 0.29) is 0 Å². The number of nitrogens with one attached hydrogen (secondary N) is 2. The third kappa shape index (κ3) is 4.72. The molecule has 1 fully saturated rings. The maximum atomic E-state index is 12.6. The number of hydrogen-bond donors (Lipinski definition) is 2. The fourth-order valence-electron chi connectivity index (χ4n) is 3.18. The number of sulfonamides is 1. The van der Waals surface area contributed by atoms with Gasteiger partial charge in [-0.25, -0.2) is 12.7 Å². The summed E-state index contributed by atoms with van der Waals surface area (Å²) in [4.78, 5) is 0.327. The van der Waals surface area contributed by atoms with Gasteiger partial charge in [-0.15, -0.1) is 0 Å². The molecule has 2 atom stereocenters. The van der Waals surface area contributed by atoms with Crippen LogP contribution < -0.4 is 10.9 Å². The smallest absolute Gasteiger partial charge is 0.242 e. The van der Waals surface area contributed by atoms with Crippen LogP contribution in [-0.4, -0.2) is 32.4 Å². The molecule has 2 aromatic carbocycles. The molecule has 0 aromatic heterocycles. The van der Waals surface area contributed by atoms with Gasteiger partial charge in [-0.1, -0.05) is 46.3 Å². The SMILES string of the molecule is CN(CCCC1CC(c2ccccc2)NN1)S(=O)(=O)c1ccc(Br)cc1. The molecule has 1 heterocycles. The molecule has 0 amide bonds. The lowest BCUT2D eigenvalue weighted by atomic mass is 10.00. The number of hydrogen-bond acceptors (Lipinski definition) is 4. The molecule has 1 aliphatic rings. The molecule has 0 spiro atoms. The first-order chi connectivity index (χ1) is 12.5. The molecule has 0 bridgehead atoms. The van der Waals surface area contributed by atoms with Gasteiger partial charge in [-0.2, -0.15) is 0 Å². The van der Waals surface area contributed by atoms with E-state index in [1.807, 2.05) is 18.2 Å². The third-order valence-electron chi connectivity index (χ3n) is 4.73. The minimum Gasteiger partial charge on any atom is -0.254 e. The zero-order chi connectivity index (χ0) is 18.6. The molecular formula is C19H24BrN3O2S. The van der Waals surface area contributed by atoms with Gasteiger partial charge < -0.3 is 0 Å². The minimum absolute atomic E-state index is 0.311. The predicted octanol–water partition coefficient (Wildman–Crippen LogP) is 3.46. The highest BCUT2D eigenvalue weighted by molar-refractivity contribution is 9.10.